The minimum Gasteiger partial charge on any atom is -0.487 e. The highest BCUT2D eigenvalue weighted by Crippen LogP contribution is 2.34. The number of furan rings is 1. The van der Waals surface area contributed by atoms with Gasteiger partial charge < -0.3 is 29.6 Å². The quantitative estimate of drug-likeness (QED) is 0.252. The van der Waals surface area contributed by atoms with E-state index in [1.807, 2.05) is 6.92 Å². The summed E-state index contributed by atoms with van der Waals surface area (Å²) in [4.78, 5) is 15.3. The second-order valence-electron chi connectivity index (χ2n) is 7.55. The molecule has 4 rings (SSSR count). The van der Waals surface area contributed by atoms with Crippen LogP contribution in [0.2, 0.25) is 0 Å². The SMILES string of the molecule is CCCOc1ccc(-c2nc(-c3ccc4oc(C(N)(CO)CO)cc4c3)no2)cc1[N+](=O)[O-]. The average molecular weight is 454 g/mol. The Bertz CT molecular complexity index is 1290. The van der Waals surface area contributed by atoms with Gasteiger partial charge >= 0.3 is 5.69 Å². The van der Waals surface area contributed by atoms with E-state index in [4.69, 9.17) is 19.4 Å². The van der Waals surface area contributed by atoms with Crippen molar-refractivity contribution in [1.29, 1.82) is 0 Å². The number of benzene rings is 2. The number of hydrogen-bond acceptors (Lipinski definition) is 10. The maximum absolute atomic E-state index is 11.4. The number of aromatic nitrogens is 2. The third-order valence-corrected chi connectivity index (χ3v) is 5.12. The van der Waals surface area contributed by atoms with Crippen LogP contribution in [0.4, 0.5) is 5.69 Å². The molecule has 0 amide bonds. The van der Waals surface area contributed by atoms with Crippen molar-refractivity contribution in [2.24, 2.45) is 5.73 Å². The Morgan fingerprint density at radius 2 is 1.91 bits per heavy atom. The topological polar surface area (TPSA) is 171 Å². The van der Waals surface area contributed by atoms with Crippen LogP contribution in [0.5, 0.6) is 5.75 Å². The average Bonchev–Trinajstić information content (AvgIpc) is 3.49. The molecule has 0 fully saturated rings. The minimum absolute atomic E-state index is 0.115. The molecule has 0 radical (unpaired) electrons. The fourth-order valence-corrected chi connectivity index (χ4v) is 3.22. The summed E-state index contributed by atoms with van der Waals surface area (Å²) < 4.78 is 16.4. The number of aliphatic hydroxyl groups excluding tert-OH is 2. The van der Waals surface area contributed by atoms with Crippen LogP contribution < -0.4 is 10.5 Å². The number of nitro benzene ring substituents is 1. The first-order chi connectivity index (χ1) is 15.9. The lowest BCUT2D eigenvalue weighted by molar-refractivity contribution is -0.385. The summed E-state index contributed by atoms with van der Waals surface area (Å²) in [5.74, 6) is 0.802. The Hall–Kier alpha value is -3.80. The summed E-state index contributed by atoms with van der Waals surface area (Å²) in [6.07, 6.45) is 0.723. The summed E-state index contributed by atoms with van der Waals surface area (Å²) >= 11 is 0. The van der Waals surface area contributed by atoms with Gasteiger partial charge in [0.25, 0.3) is 5.89 Å². The van der Waals surface area contributed by atoms with E-state index in [0.717, 1.165) is 6.42 Å². The monoisotopic (exact) mass is 454 g/mol. The molecule has 11 nitrogen and oxygen atoms in total. The number of ether oxygens (including phenoxy) is 1. The molecule has 0 aliphatic carbocycles. The van der Waals surface area contributed by atoms with E-state index in [-0.39, 0.29) is 28.9 Å². The third-order valence-electron chi connectivity index (χ3n) is 5.12. The Morgan fingerprint density at radius 1 is 1.15 bits per heavy atom. The van der Waals surface area contributed by atoms with Gasteiger partial charge in [-0.1, -0.05) is 12.1 Å². The van der Waals surface area contributed by atoms with Gasteiger partial charge in [-0.15, -0.1) is 0 Å². The van der Waals surface area contributed by atoms with E-state index in [1.165, 1.54) is 12.1 Å². The molecule has 33 heavy (non-hydrogen) atoms. The fourth-order valence-electron chi connectivity index (χ4n) is 3.22. The zero-order chi connectivity index (χ0) is 23.6. The van der Waals surface area contributed by atoms with Crippen molar-refractivity contribution >= 4 is 16.7 Å². The van der Waals surface area contributed by atoms with Crippen LogP contribution in [0, 0.1) is 10.1 Å². The molecule has 11 heteroatoms. The van der Waals surface area contributed by atoms with Gasteiger partial charge in [0.15, 0.2) is 5.75 Å². The summed E-state index contributed by atoms with van der Waals surface area (Å²) in [7, 11) is 0. The Labute approximate surface area is 187 Å². The molecule has 0 unspecified atom stereocenters. The number of nitrogens with two attached hydrogens (primary N) is 1. The molecule has 0 bridgehead atoms. The lowest BCUT2D eigenvalue weighted by Crippen LogP contribution is -2.43. The molecular formula is C22H22N4O7. The van der Waals surface area contributed by atoms with Crippen molar-refractivity contribution in [1.82, 2.24) is 10.1 Å². The summed E-state index contributed by atoms with van der Waals surface area (Å²) in [6, 6.07) is 11.2. The number of aliphatic hydroxyl groups is 2. The van der Waals surface area contributed by atoms with Crippen molar-refractivity contribution in [3.63, 3.8) is 0 Å². The van der Waals surface area contributed by atoms with Gasteiger partial charge in [0.05, 0.1) is 24.7 Å². The van der Waals surface area contributed by atoms with Gasteiger partial charge in [0, 0.05) is 22.6 Å². The van der Waals surface area contributed by atoms with E-state index in [9.17, 15) is 20.3 Å². The fraction of sp³-hybridized carbons (Fsp3) is 0.273. The maximum Gasteiger partial charge on any atom is 0.311 e. The van der Waals surface area contributed by atoms with Crippen molar-refractivity contribution in [2.45, 2.75) is 18.9 Å². The number of hydrogen-bond donors (Lipinski definition) is 3. The lowest BCUT2D eigenvalue weighted by Gasteiger charge is -2.21. The van der Waals surface area contributed by atoms with Crippen LogP contribution in [0.15, 0.2) is 51.4 Å². The van der Waals surface area contributed by atoms with Gasteiger partial charge in [-0.2, -0.15) is 4.98 Å². The predicted molar refractivity (Wildman–Crippen MR) is 117 cm³/mol. The molecule has 2 aromatic carbocycles. The zero-order valence-corrected chi connectivity index (χ0v) is 17.7. The second-order valence-corrected chi connectivity index (χ2v) is 7.55. The molecule has 172 valence electrons. The van der Waals surface area contributed by atoms with Crippen LogP contribution in [-0.2, 0) is 5.54 Å². The smallest absolute Gasteiger partial charge is 0.311 e. The molecule has 4 N–H and O–H groups in total. The molecule has 0 spiro atoms. The third kappa shape index (κ3) is 4.29. The molecule has 0 saturated carbocycles. The first-order valence-electron chi connectivity index (χ1n) is 10.2. The van der Waals surface area contributed by atoms with Crippen LogP contribution in [0.1, 0.15) is 19.1 Å². The van der Waals surface area contributed by atoms with Gasteiger partial charge in [-0.25, -0.2) is 0 Å². The maximum atomic E-state index is 11.4. The van der Waals surface area contributed by atoms with Gasteiger partial charge in [-0.3, -0.25) is 10.1 Å². The molecule has 0 saturated heterocycles. The molecule has 2 heterocycles. The van der Waals surface area contributed by atoms with Crippen molar-refractivity contribution in [2.75, 3.05) is 19.8 Å². The normalized spacial score (nSPS) is 11.8. The molecule has 0 atom stereocenters. The highest BCUT2D eigenvalue weighted by atomic mass is 16.6. The van der Waals surface area contributed by atoms with Gasteiger partial charge in [0.1, 0.15) is 16.9 Å². The minimum atomic E-state index is -1.40. The highest BCUT2D eigenvalue weighted by Gasteiger charge is 2.30. The highest BCUT2D eigenvalue weighted by molar-refractivity contribution is 5.83. The number of nitrogens with zero attached hydrogens (tertiary/aromatic N) is 3. The van der Waals surface area contributed by atoms with E-state index >= 15 is 0 Å². The number of rotatable bonds is 9. The van der Waals surface area contributed by atoms with Gasteiger partial charge in [0.2, 0.25) is 5.82 Å². The summed E-state index contributed by atoms with van der Waals surface area (Å²) in [5, 5.41) is 35.1. The molecule has 4 aromatic rings. The molecule has 0 aliphatic heterocycles. The van der Waals surface area contributed by atoms with Crippen LogP contribution in [-0.4, -0.2) is 45.1 Å². The molecule has 2 aromatic heterocycles. The van der Waals surface area contributed by atoms with Crippen molar-refractivity contribution in [3.05, 3.63) is 58.3 Å². The summed E-state index contributed by atoms with van der Waals surface area (Å²) in [6.45, 7) is 1.30. The van der Waals surface area contributed by atoms with Crippen molar-refractivity contribution in [3.8, 4) is 28.6 Å². The van der Waals surface area contributed by atoms with Gasteiger partial charge in [-0.05, 0) is 42.8 Å². The van der Waals surface area contributed by atoms with Crippen LogP contribution in [0.25, 0.3) is 33.8 Å². The Balaban J connectivity index is 1.65. The van der Waals surface area contributed by atoms with Crippen LogP contribution >= 0.6 is 0 Å². The van der Waals surface area contributed by atoms with E-state index < -0.39 is 23.7 Å². The molecular weight excluding hydrogens is 432 g/mol. The first kappa shape index (κ1) is 22.4. The van der Waals surface area contributed by atoms with E-state index in [2.05, 4.69) is 10.1 Å². The zero-order valence-electron chi connectivity index (χ0n) is 17.7. The largest absolute Gasteiger partial charge is 0.487 e. The standard InChI is InChI=1S/C22H22N4O7/c1-2-7-31-18-6-4-14(9-16(18)26(29)30)21-24-20(25-33-21)13-3-5-17-15(8-13)10-19(32-17)22(23,11-27)12-28/h3-6,8-10,27-28H,2,7,11-12,23H2,1H3. The number of nitro groups is 1. The number of fused-ring (bicyclic) bond motifs is 1. The first-order valence-corrected chi connectivity index (χ1v) is 10.2. The Kier molecular flexibility index (Phi) is 6.09. The van der Waals surface area contributed by atoms with Crippen LogP contribution in [0.3, 0.4) is 0 Å². The molecule has 0 aliphatic rings. The lowest BCUT2D eigenvalue weighted by atomic mass is 10.00. The van der Waals surface area contributed by atoms with E-state index in [1.54, 1.807) is 30.3 Å². The van der Waals surface area contributed by atoms with E-state index in [0.29, 0.717) is 28.7 Å². The summed E-state index contributed by atoms with van der Waals surface area (Å²) in [5.41, 5.74) is 5.89. The second kappa shape index (κ2) is 8.98. The Morgan fingerprint density at radius 3 is 2.61 bits per heavy atom. The predicted octanol–water partition coefficient (Wildman–Crippen LogP) is 2.99. The van der Waals surface area contributed by atoms with Crippen molar-refractivity contribution < 1.29 is 28.8 Å².